The molecule has 1 amide bonds. The maximum Gasteiger partial charge on any atom is 0.407 e. The van der Waals surface area contributed by atoms with Gasteiger partial charge in [0.25, 0.3) is 0 Å². The largest absolute Gasteiger partial charge is 0.489 e. The van der Waals surface area contributed by atoms with Crippen LogP contribution in [0, 0.1) is 11.3 Å². The minimum absolute atomic E-state index is 0.0823. The van der Waals surface area contributed by atoms with Gasteiger partial charge in [0.05, 0.1) is 17.3 Å². The zero-order chi connectivity index (χ0) is 20.4. The average molecular weight is 414 g/mol. The van der Waals surface area contributed by atoms with Crippen molar-refractivity contribution in [3.05, 3.63) is 34.8 Å². The summed E-state index contributed by atoms with van der Waals surface area (Å²) < 4.78 is 6.05. The Labute approximate surface area is 173 Å². The number of anilines is 2. The molecule has 3 N–H and O–H groups in total. The second-order valence-electron chi connectivity index (χ2n) is 7.34. The van der Waals surface area contributed by atoms with Crippen LogP contribution in [0.25, 0.3) is 0 Å². The van der Waals surface area contributed by atoms with E-state index in [-0.39, 0.29) is 12.1 Å². The van der Waals surface area contributed by atoms with E-state index in [4.69, 9.17) is 15.6 Å². The van der Waals surface area contributed by atoms with Crippen LogP contribution < -0.4 is 15.4 Å². The van der Waals surface area contributed by atoms with Crippen LogP contribution in [0.15, 0.2) is 23.6 Å². The average Bonchev–Trinajstić information content (AvgIpc) is 3.37. The van der Waals surface area contributed by atoms with Gasteiger partial charge >= 0.3 is 6.09 Å². The maximum absolute atomic E-state index is 11.0. The molecule has 29 heavy (non-hydrogen) atoms. The third-order valence-corrected chi connectivity index (χ3v) is 6.25. The number of aromatic nitrogens is 1. The number of nitrogens with zero attached hydrogens (tertiary/aromatic N) is 4. The van der Waals surface area contributed by atoms with Crippen molar-refractivity contribution in [1.82, 2.24) is 9.88 Å². The molecule has 2 aromatic rings. The number of rotatable bonds is 4. The van der Waals surface area contributed by atoms with Crippen LogP contribution in [0.1, 0.15) is 43.0 Å². The van der Waals surface area contributed by atoms with E-state index in [1.54, 1.807) is 0 Å². The number of benzene rings is 1. The highest BCUT2D eigenvalue weighted by molar-refractivity contribution is 7.13. The molecular formula is C20H23N5O3S. The minimum atomic E-state index is -0.896. The van der Waals surface area contributed by atoms with Crippen LogP contribution in [0.3, 0.4) is 0 Å². The van der Waals surface area contributed by atoms with Gasteiger partial charge < -0.3 is 25.4 Å². The van der Waals surface area contributed by atoms with Crippen molar-refractivity contribution in [2.75, 3.05) is 30.3 Å². The molecule has 8 nitrogen and oxygen atoms in total. The van der Waals surface area contributed by atoms with Crippen LogP contribution in [0.5, 0.6) is 5.75 Å². The Balaban J connectivity index is 1.48. The fourth-order valence-electron chi connectivity index (χ4n) is 4.07. The second kappa shape index (κ2) is 8.17. The molecule has 152 valence electrons. The number of amides is 1. The summed E-state index contributed by atoms with van der Waals surface area (Å²) in [6.45, 7) is 1.80. The first-order valence-corrected chi connectivity index (χ1v) is 10.6. The van der Waals surface area contributed by atoms with E-state index in [2.05, 4.69) is 16.0 Å². The monoisotopic (exact) mass is 413 g/mol. The van der Waals surface area contributed by atoms with Crippen molar-refractivity contribution in [3.63, 3.8) is 0 Å². The SMILES string of the molecule is N#Cc1cc(N2CCC[C@@H]2c2csc(N)n2)ccc1OC1CCN(C(=O)O)CC1. The van der Waals surface area contributed by atoms with Crippen molar-refractivity contribution in [3.8, 4) is 11.8 Å². The summed E-state index contributed by atoms with van der Waals surface area (Å²) in [6.07, 6.45) is 2.33. The molecule has 0 saturated carbocycles. The lowest BCUT2D eigenvalue weighted by atomic mass is 10.1. The van der Waals surface area contributed by atoms with Gasteiger partial charge in [-0.15, -0.1) is 11.3 Å². The number of thiazole rings is 1. The number of carbonyl (C=O) groups is 1. The molecule has 2 aliphatic heterocycles. The minimum Gasteiger partial charge on any atom is -0.489 e. The number of ether oxygens (including phenoxy) is 1. The molecule has 2 aliphatic rings. The summed E-state index contributed by atoms with van der Waals surface area (Å²) in [6, 6.07) is 8.12. The predicted octanol–water partition coefficient (Wildman–Crippen LogP) is 3.46. The summed E-state index contributed by atoms with van der Waals surface area (Å²) >= 11 is 1.45. The highest BCUT2D eigenvalue weighted by Crippen LogP contribution is 2.38. The molecule has 0 aliphatic carbocycles. The molecular weight excluding hydrogens is 390 g/mol. The van der Waals surface area contributed by atoms with Crippen molar-refractivity contribution >= 4 is 28.2 Å². The van der Waals surface area contributed by atoms with Gasteiger partial charge in [0.1, 0.15) is 17.9 Å². The van der Waals surface area contributed by atoms with Gasteiger partial charge in [-0.1, -0.05) is 0 Å². The molecule has 2 fully saturated rings. The number of nitrogen functional groups attached to an aromatic ring is 1. The third kappa shape index (κ3) is 4.07. The van der Waals surface area contributed by atoms with Gasteiger partial charge in [0.2, 0.25) is 0 Å². The summed E-state index contributed by atoms with van der Waals surface area (Å²) in [4.78, 5) is 19.1. The third-order valence-electron chi connectivity index (χ3n) is 5.56. The molecule has 3 heterocycles. The van der Waals surface area contributed by atoms with Crippen LogP contribution in [-0.2, 0) is 0 Å². The Bertz CT molecular complexity index is 932. The first kappa shape index (κ1) is 19.3. The fraction of sp³-hybridized carbons (Fsp3) is 0.450. The fourth-order valence-corrected chi connectivity index (χ4v) is 4.68. The van der Waals surface area contributed by atoms with Crippen LogP contribution in [0.2, 0.25) is 0 Å². The quantitative estimate of drug-likeness (QED) is 0.788. The maximum atomic E-state index is 11.0. The summed E-state index contributed by atoms with van der Waals surface area (Å²) in [5, 5.41) is 21.3. The van der Waals surface area contributed by atoms with Gasteiger partial charge in [0, 0.05) is 43.5 Å². The predicted molar refractivity (Wildman–Crippen MR) is 110 cm³/mol. The van der Waals surface area contributed by atoms with Gasteiger partial charge in [0.15, 0.2) is 5.13 Å². The number of piperidine rings is 1. The normalized spacial score (nSPS) is 19.9. The van der Waals surface area contributed by atoms with Gasteiger partial charge in [-0.05, 0) is 31.0 Å². The van der Waals surface area contributed by atoms with Crippen molar-refractivity contribution < 1.29 is 14.6 Å². The van der Waals surface area contributed by atoms with E-state index in [9.17, 15) is 10.1 Å². The molecule has 0 unspecified atom stereocenters. The molecule has 9 heteroatoms. The second-order valence-corrected chi connectivity index (χ2v) is 8.23. The number of nitrogens with two attached hydrogens (primary N) is 1. The van der Waals surface area contributed by atoms with Crippen molar-refractivity contribution in [2.24, 2.45) is 0 Å². The van der Waals surface area contributed by atoms with Crippen LogP contribution >= 0.6 is 11.3 Å². The Morgan fingerprint density at radius 3 is 2.76 bits per heavy atom. The Kier molecular flexibility index (Phi) is 5.45. The topological polar surface area (TPSA) is 116 Å². The van der Waals surface area contributed by atoms with E-state index in [1.807, 2.05) is 23.6 Å². The molecule has 2 saturated heterocycles. The van der Waals surface area contributed by atoms with E-state index in [0.29, 0.717) is 42.4 Å². The van der Waals surface area contributed by atoms with E-state index in [0.717, 1.165) is 30.8 Å². The molecule has 4 rings (SSSR count). The molecule has 1 aromatic carbocycles. The van der Waals surface area contributed by atoms with Crippen LogP contribution in [-0.4, -0.2) is 46.8 Å². The number of nitriles is 1. The molecule has 1 atom stereocenters. The van der Waals surface area contributed by atoms with Crippen molar-refractivity contribution in [2.45, 2.75) is 37.8 Å². The Morgan fingerprint density at radius 2 is 2.10 bits per heavy atom. The lowest BCUT2D eigenvalue weighted by Gasteiger charge is -2.31. The highest BCUT2D eigenvalue weighted by Gasteiger charge is 2.29. The number of carboxylic acid groups (broad SMARTS) is 1. The lowest BCUT2D eigenvalue weighted by Crippen LogP contribution is -2.41. The highest BCUT2D eigenvalue weighted by atomic mass is 32.1. The number of likely N-dealkylation sites (tertiary alicyclic amines) is 1. The van der Waals surface area contributed by atoms with Gasteiger partial charge in [-0.2, -0.15) is 5.26 Å². The van der Waals surface area contributed by atoms with Crippen LogP contribution in [0.4, 0.5) is 15.6 Å². The Morgan fingerprint density at radius 1 is 1.31 bits per heavy atom. The van der Waals surface area contributed by atoms with Gasteiger partial charge in [-0.25, -0.2) is 9.78 Å². The molecule has 0 radical (unpaired) electrons. The van der Waals surface area contributed by atoms with E-state index >= 15 is 0 Å². The molecule has 0 bridgehead atoms. The first-order chi connectivity index (χ1) is 14.0. The standard InChI is InChI=1S/C20H23N5O3S/c21-11-13-10-14(25-7-1-2-17(25)16-12-29-19(22)23-16)3-4-18(13)28-15-5-8-24(9-6-15)20(26)27/h3-4,10,12,15,17H,1-2,5-9H2,(H2,22,23)(H,26,27)/t17-/m1/s1. The van der Waals surface area contributed by atoms with Gasteiger partial charge in [-0.3, -0.25) is 0 Å². The first-order valence-electron chi connectivity index (χ1n) is 9.71. The summed E-state index contributed by atoms with van der Waals surface area (Å²) in [5.41, 5.74) is 8.25. The summed E-state index contributed by atoms with van der Waals surface area (Å²) in [7, 11) is 0. The zero-order valence-electron chi connectivity index (χ0n) is 16.0. The number of hydrogen-bond acceptors (Lipinski definition) is 7. The molecule has 1 aromatic heterocycles. The van der Waals surface area contributed by atoms with E-state index < -0.39 is 6.09 Å². The summed E-state index contributed by atoms with van der Waals surface area (Å²) in [5.74, 6) is 0.554. The number of hydrogen-bond donors (Lipinski definition) is 2. The lowest BCUT2D eigenvalue weighted by molar-refractivity contribution is 0.0893. The Hall–Kier alpha value is -2.99. The zero-order valence-corrected chi connectivity index (χ0v) is 16.8. The van der Waals surface area contributed by atoms with Crippen molar-refractivity contribution in [1.29, 1.82) is 5.26 Å². The smallest absolute Gasteiger partial charge is 0.407 e. The molecule has 0 spiro atoms. The van der Waals surface area contributed by atoms with E-state index in [1.165, 1.54) is 16.2 Å².